The Kier molecular flexibility index (Phi) is 1.99. The minimum atomic E-state index is -1.07. The van der Waals surface area contributed by atoms with Gasteiger partial charge in [-0.15, -0.1) is 0 Å². The number of benzene rings is 8. The van der Waals surface area contributed by atoms with Crippen LogP contribution in [-0.2, 0) is 0 Å². The van der Waals surface area contributed by atoms with Crippen LogP contribution in [0.4, 0.5) is 0 Å². The molecule has 0 bridgehead atoms. The van der Waals surface area contributed by atoms with Crippen LogP contribution in [0.15, 0.2) is 157 Å². The van der Waals surface area contributed by atoms with Gasteiger partial charge in [-0.2, -0.15) is 0 Å². The van der Waals surface area contributed by atoms with Crippen molar-refractivity contribution in [3.63, 3.8) is 0 Å². The Labute approximate surface area is 270 Å². The van der Waals surface area contributed by atoms with Gasteiger partial charge in [0.05, 0.1) is 35.6 Å². The lowest BCUT2D eigenvalue weighted by Gasteiger charge is -2.19. The molecule has 0 saturated carbocycles. The molecule has 0 unspecified atom stereocenters. The van der Waals surface area contributed by atoms with E-state index in [2.05, 4.69) is 0 Å². The Morgan fingerprint density at radius 1 is 0.300 bits per heavy atom. The SMILES string of the molecule is [2H]c1c([2H])c([2H])c(-c2c3c([2H])c([2H])c([2H])c([2H])c3c(-c3c([2H])c([2H])c([2H])c4c([2H])c([2H])c([2H])c([2H])c34)c3c([2H])c(-c4c([2H])c([2H])c5c([2H])c([2H])c([2H])c([2H])c5c4[2H])c([2H])c([2H])c23)c([2H])c1[2H]. The molecule has 40 heavy (non-hydrogen) atoms. The normalized spacial score (nSPS) is 20.6. The minimum absolute atomic E-state index is 0.575. The predicted octanol–water partition coefficient (Wildman–Crippen LogP) is 11.3. The number of hydrogen-bond acceptors (Lipinski definition) is 0. The van der Waals surface area contributed by atoms with Gasteiger partial charge in [-0.25, -0.2) is 0 Å². The fourth-order valence-corrected chi connectivity index (χ4v) is 4.62. The average molecular weight is 533 g/mol. The van der Waals surface area contributed by atoms with Crippen molar-refractivity contribution in [2.24, 2.45) is 0 Å². The Morgan fingerprint density at radius 2 is 0.875 bits per heavy atom. The number of rotatable bonds is 3. The highest BCUT2D eigenvalue weighted by atomic mass is 14.2. The summed E-state index contributed by atoms with van der Waals surface area (Å²) in [4.78, 5) is 0. The summed E-state index contributed by atoms with van der Waals surface area (Å²) in [6.45, 7) is 0. The lowest BCUT2D eigenvalue weighted by Crippen LogP contribution is -1.92. The van der Waals surface area contributed by atoms with Crippen LogP contribution in [-0.4, -0.2) is 0 Å². The summed E-state index contributed by atoms with van der Waals surface area (Å²) >= 11 is 0. The molecule has 0 spiro atoms. The maximum Gasteiger partial charge on any atom is 0.0636 e. The van der Waals surface area contributed by atoms with Crippen molar-refractivity contribution in [2.75, 3.05) is 0 Å². The molecule has 0 heterocycles. The van der Waals surface area contributed by atoms with Gasteiger partial charge >= 0.3 is 0 Å². The van der Waals surface area contributed by atoms with E-state index in [9.17, 15) is 9.60 Å². The molecule has 0 radical (unpaired) electrons. The molecule has 0 aliphatic rings. The quantitative estimate of drug-likeness (QED) is 0.198. The van der Waals surface area contributed by atoms with Crippen molar-refractivity contribution < 1.29 is 35.6 Å². The maximum absolute atomic E-state index is 10.0. The zero-order valence-electron chi connectivity index (χ0n) is 46.0. The average Bonchev–Trinajstić information content (AvgIpc) is 3.28. The molecule has 0 heteroatoms. The highest BCUT2D eigenvalue weighted by Gasteiger charge is 2.18. The molecule has 0 atom stereocenters. The van der Waals surface area contributed by atoms with Crippen molar-refractivity contribution in [3.05, 3.63) is 157 Å². The van der Waals surface area contributed by atoms with Gasteiger partial charge in [-0.1, -0.05) is 145 Å². The molecule has 0 amide bonds. The van der Waals surface area contributed by atoms with E-state index in [1.165, 1.54) is 0 Å². The molecule has 0 aromatic heterocycles. The monoisotopic (exact) mass is 532 g/mol. The van der Waals surface area contributed by atoms with Gasteiger partial charge < -0.3 is 0 Å². The van der Waals surface area contributed by atoms with Crippen molar-refractivity contribution in [1.29, 1.82) is 0 Å². The van der Waals surface area contributed by atoms with E-state index in [-0.39, 0.29) is 0 Å². The van der Waals surface area contributed by atoms with Crippen LogP contribution in [0.5, 0.6) is 0 Å². The third-order valence-electron chi connectivity index (χ3n) is 6.31. The Balaban J connectivity index is 1.84. The van der Waals surface area contributed by atoms with Crippen LogP contribution >= 0.6 is 0 Å². The van der Waals surface area contributed by atoms with E-state index >= 15 is 0 Å². The minimum Gasteiger partial charge on any atom is -0.0622 e. The van der Waals surface area contributed by atoms with E-state index in [4.69, 9.17) is 26.0 Å². The topological polar surface area (TPSA) is 0 Å². The summed E-state index contributed by atoms with van der Waals surface area (Å²) < 4.78 is 232. The molecular formula is C40H26. The van der Waals surface area contributed by atoms with Gasteiger partial charge in [0.1, 0.15) is 0 Å². The Morgan fingerprint density at radius 3 is 1.70 bits per heavy atom. The van der Waals surface area contributed by atoms with E-state index in [0.717, 1.165) is 0 Å². The van der Waals surface area contributed by atoms with E-state index < -0.39 is 234 Å². The van der Waals surface area contributed by atoms with Crippen LogP contribution in [0.25, 0.3) is 76.5 Å². The molecule has 0 aliphatic heterocycles. The number of hydrogen-bond donors (Lipinski definition) is 0. The maximum atomic E-state index is 10.0. The third-order valence-corrected chi connectivity index (χ3v) is 6.31. The summed E-state index contributed by atoms with van der Waals surface area (Å²) in [6, 6.07) is -24.6. The first-order valence-corrected chi connectivity index (χ1v) is 11.8. The van der Waals surface area contributed by atoms with Crippen LogP contribution in [0.1, 0.15) is 35.6 Å². The summed E-state index contributed by atoms with van der Waals surface area (Å²) in [5, 5.41) is -5.60. The highest BCUT2D eigenvalue weighted by molar-refractivity contribution is 6.24. The summed E-state index contributed by atoms with van der Waals surface area (Å²) in [6.07, 6.45) is 0. The number of fused-ring (bicyclic) bond motifs is 4. The Hall–Kier alpha value is -5.20. The van der Waals surface area contributed by atoms with Gasteiger partial charge in [0.2, 0.25) is 0 Å². The molecule has 0 aliphatic carbocycles. The van der Waals surface area contributed by atoms with Crippen LogP contribution < -0.4 is 0 Å². The predicted molar refractivity (Wildman–Crippen MR) is 173 cm³/mol. The second-order valence-corrected chi connectivity index (χ2v) is 8.50. The molecule has 186 valence electrons. The lowest BCUT2D eigenvalue weighted by atomic mass is 9.83. The molecular weight excluding hydrogens is 480 g/mol. The van der Waals surface area contributed by atoms with Gasteiger partial charge in [0.15, 0.2) is 0 Å². The van der Waals surface area contributed by atoms with Gasteiger partial charge in [-0.05, 0) is 88.6 Å². The van der Waals surface area contributed by atoms with Crippen molar-refractivity contribution in [3.8, 4) is 33.4 Å². The second kappa shape index (κ2) is 9.22. The smallest absolute Gasteiger partial charge is 0.0622 e. The van der Waals surface area contributed by atoms with Crippen LogP contribution in [0.2, 0.25) is 0 Å². The molecule has 0 saturated heterocycles. The standard InChI is InChI=1S/C40H26/c1-2-13-29(14-3-1)39-35-18-8-9-19-36(35)40(34-20-10-16-28-12-6-7-17-33(28)34)38-26-32(23-24-37(38)39)31-22-21-27-11-4-5-15-30(27)25-31/h1-26H/i1D,2D,3D,4D,5D,6D,7D,8D,9D,10D,11D,12D,13D,14D,15D,16D,17D,18D,19D,20D,21D,22D,23D,24D,25D,26D. The summed E-state index contributed by atoms with van der Waals surface area (Å²) in [5.41, 5.74) is -4.77. The molecule has 0 fully saturated rings. The van der Waals surface area contributed by atoms with E-state index in [0.29, 0.717) is 0 Å². The first kappa shape index (κ1) is 8.65. The van der Waals surface area contributed by atoms with Crippen LogP contribution in [0, 0.1) is 0 Å². The second-order valence-electron chi connectivity index (χ2n) is 8.50. The first-order valence-electron chi connectivity index (χ1n) is 24.8. The largest absolute Gasteiger partial charge is 0.0636 e. The third kappa shape index (κ3) is 3.61. The van der Waals surface area contributed by atoms with Gasteiger partial charge in [0, 0.05) is 0 Å². The molecule has 8 rings (SSSR count). The van der Waals surface area contributed by atoms with E-state index in [1.807, 2.05) is 0 Å². The van der Waals surface area contributed by atoms with Crippen molar-refractivity contribution in [1.82, 2.24) is 0 Å². The van der Waals surface area contributed by atoms with E-state index in [1.54, 1.807) is 0 Å². The zero-order valence-corrected chi connectivity index (χ0v) is 20.0. The van der Waals surface area contributed by atoms with Gasteiger partial charge in [-0.3, -0.25) is 0 Å². The summed E-state index contributed by atoms with van der Waals surface area (Å²) in [5.74, 6) is 0. The summed E-state index contributed by atoms with van der Waals surface area (Å²) in [7, 11) is 0. The van der Waals surface area contributed by atoms with Crippen molar-refractivity contribution in [2.45, 2.75) is 0 Å². The molecule has 0 N–H and O–H groups in total. The van der Waals surface area contributed by atoms with Crippen molar-refractivity contribution >= 4 is 43.1 Å². The lowest BCUT2D eigenvalue weighted by molar-refractivity contribution is 1.65. The molecule has 8 aromatic carbocycles. The fraction of sp³-hybridized carbons (Fsp3) is 0. The fourth-order valence-electron chi connectivity index (χ4n) is 4.62. The molecule has 0 nitrogen and oxygen atoms in total. The zero-order chi connectivity index (χ0) is 49.1. The van der Waals surface area contributed by atoms with Crippen LogP contribution in [0.3, 0.4) is 0 Å². The first-order chi connectivity index (χ1) is 30.7. The van der Waals surface area contributed by atoms with Gasteiger partial charge in [0.25, 0.3) is 0 Å². The Bertz CT molecular complexity index is 3610. The molecule has 8 aromatic rings. The highest BCUT2D eigenvalue weighted by Crippen LogP contribution is 2.46.